The molecule has 0 amide bonds. The maximum Gasteiger partial charge on any atom is 0.353 e. The van der Waals surface area contributed by atoms with Crippen LogP contribution in [0.25, 0.3) is 0 Å². The van der Waals surface area contributed by atoms with Crippen molar-refractivity contribution >= 4 is 28.7 Å². The number of aryl methyl sites for hydroxylation is 2. The highest BCUT2D eigenvalue weighted by molar-refractivity contribution is 5.77. The van der Waals surface area contributed by atoms with Crippen molar-refractivity contribution in [1.82, 2.24) is 9.97 Å². The van der Waals surface area contributed by atoms with Gasteiger partial charge in [0.25, 0.3) is 0 Å². The topological polar surface area (TPSA) is 93.0 Å². The number of hydrogen-bond donors (Lipinski definition) is 2. The number of anilines is 4. The maximum atomic E-state index is 13.4. The Hall–Kier alpha value is -3.62. The van der Waals surface area contributed by atoms with Crippen LogP contribution in [0.2, 0.25) is 0 Å². The molecule has 3 rings (SSSR count). The summed E-state index contributed by atoms with van der Waals surface area (Å²) in [5, 5.41) is 17.2. The molecular weight excluding hydrogens is 356 g/mol. The molecule has 0 unspecified atom stereocenters. The number of halogens is 2. The second kappa shape index (κ2) is 7.32. The van der Waals surface area contributed by atoms with Crippen LogP contribution in [-0.4, -0.2) is 14.9 Å². The number of nitrogens with zero attached hydrogens (tertiary/aromatic N) is 3. The zero-order valence-electron chi connectivity index (χ0n) is 14.5. The highest BCUT2D eigenvalue weighted by Crippen LogP contribution is 2.34. The van der Waals surface area contributed by atoms with Gasteiger partial charge in [-0.3, -0.25) is 10.1 Å². The molecule has 0 radical (unpaired) electrons. The fourth-order valence-electron chi connectivity index (χ4n) is 2.44. The fourth-order valence-corrected chi connectivity index (χ4v) is 2.44. The Labute approximate surface area is 153 Å². The summed E-state index contributed by atoms with van der Waals surface area (Å²) in [5.41, 5.74) is 2.22. The van der Waals surface area contributed by atoms with Gasteiger partial charge < -0.3 is 10.6 Å². The molecule has 2 N–H and O–H groups in total. The molecule has 0 aliphatic carbocycles. The Kier molecular flexibility index (Phi) is 4.93. The predicted molar refractivity (Wildman–Crippen MR) is 97.5 cm³/mol. The van der Waals surface area contributed by atoms with Crippen LogP contribution in [0, 0.1) is 35.6 Å². The Bertz CT molecular complexity index is 1030. The molecule has 0 saturated heterocycles. The molecule has 0 fully saturated rings. The van der Waals surface area contributed by atoms with E-state index in [0.29, 0.717) is 5.69 Å². The third kappa shape index (κ3) is 3.97. The molecule has 27 heavy (non-hydrogen) atoms. The van der Waals surface area contributed by atoms with E-state index >= 15 is 0 Å². The SMILES string of the molecule is Cc1ccc(C)c(Nc2ncnc(Nc3ccc(F)c(F)c3)c2[N+](=O)[O-])c1. The Morgan fingerprint density at radius 3 is 2.33 bits per heavy atom. The van der Waals surface area contributed by atoms with Crippen molar-refractivity contribution in [3.63, 3.8) is 0 Å². The van der Waals surface area contributed by atoms with Crippen LogP contribution in [0.15, 0.2) is 42.7 Å². The lowest BCUT2D eigenvalue weighted by atomic mass is 10.1. The molecule has 138 valence electrons. The van der Waals surface area contributed by atoms with Gasteiger partial charge >= 0.3 is 5.69 Å². The van der Waals surface area contributed by atoms with Gasteiger partial charge in [-0.1, -0.05) is 12.1 Å². The van der Waals surface area contributed by atoms with Crippen molar-refractivity contribution in [2.75, 3.05) is 10.6 Å². The molecule has 1 heterocycles. The van der Waals surface area contributed by atoms with E-state index in [1.54, 1.807) is 0 Å². The van der Waals surface area contributed by atoms with Gasteiger partial charge in [-0.2, -0.15) is 0 Å². The van der Waals surface area contributed by atoms with E-state index in [9.17, 15) is 18.9 Å². The van der Waals surface area contributed by atoms with Crippen molar-refractivity contribution < 1.29 is 13.7 Å². The summed E-state index contributed by atoms with van der Waals surface area (Å²) >= 11 is 0. The van der Waals surface area contributed by atoms with Crippen molar-refractivity contribution in [3.8, 4) is 0 Å². The molecule has 0 saturated carbocycles. The lowest BCUT2D eigenvalue weighted by Crippen LogP contribution is -2.06. The van der Waals surface area contributed by atoms with Gasteiger partial charge in [0.05, 0.1) is 4.92 Å². The van der Waals surface area contributed by atoms with Gasteiger partial charge in [-0.25, -0.2) is 18.7 Å². The molecule has 0 aliphatic heterocycles. The van der Waals surface area contributed by atoms with Gasteiger partial charge in [0.15, 0.2) is 11.6 Å². The van der Waals surface area contributed by atoms with E-state index in [1.165, 1.54) is 6.07 Å². The molecule has 0 bridgehead atoms. The first-order chi connectivity index (χ1) is 12.8. The van der Waals surface area contributed by atoms with Gasteiger partial charge in [0, 0.05) is 17.4 Å². The van der Waals surface area contributed by atoms with Crippen LogP contribution in [-0.2, 0) is 0 Å². The summed E-state index contributed by atoms with van der Waals surface area (Å²) in [5.74, 6) is -2.26. The van der Waals surface area contributed by atoms with Crippen molar-refractivity contribution in [3.05, 3.63) is 75.6 Å². The fraction of sp³-hybridized carbons (Fsp3) is 0.111. The Morgan fingerprint density at radius 2 is 1.67 bits per heavy atom. The summed E-state index contributed by atoms with van der Waals surface area (Å²) in [6.07, 6.45) is 1.14. The standard InChI is InChI=1S/C18H15F2N5O2/c1-10-3-4-11(2)15(7-10)24-18-16(25(26)27)17(21-9-22-18)23-12-5-6-13(19)14(20)8-12/h3-9H,1-2H3,(H2,21,22,23,24). The smallest absolute Gasteiger partial charge is 0.334 e. The molecule has 0 aliphatic rings. The Balaban J connectivity index is 2.00. The number of nitrogens with one attached hydrogen (secondary N) is 2. The first-order valence-electron chi connectivity index (χ1n) is 7.91. The van der Waals surface area contributed by atoms with Crippen LogP contribution < -0.4 is 10.6 Å². The minimum Gasteiger partial charge on any atom is -0.334 e. The van der Waals surface area contributed by atoms with Crippen LogP contribution in [0.4, 0.5) is 37.5 Å². The first-order valence-corrected chi connectivity index (χ1v) is 7.91. The second-order valence-electron chi connectivity index (χ2n) is 5.87. The van der Waals surface area contributed by atoms with E-state index in [0.717, 1.165) is 29.6 Å². The number of hydrogen-bond acceptors (Lipinski definition) is 6. The molecule has 0 atom stereocenters. The van der Waals surface area contributed by atoms with E-state index in [-0.39, 0.29) is 17.3 Å². The third-order valence-electron chi connectivity index (χ3n) is 3.83. The van der Waals surface area contributed by atoms with Crippen LogP contribution in [0.1, 0.15) is 11.1 Å². The van der Waals surface area contributed by atoms with E-state index in [4.69, 9.17) is 0 Å². The lowest BCUT2D eigenvalue weighted by molar-refractivity contribution is -0.383. The molecule has 9 heteroatoms. The maximum absolute atomic E-state index is 13.4. The quantitative estimate of drug-likeness (QED) is 0.496. The monoisotopic (exact) mass is 371 g/mol. The molecule has 7 nitrogen and oxygen atoms in total. The highest BCUT2D eigenvalue weighted by atomic mass is 19.2. The average Bonchev–Trinajstić information content (AvgIpc) is 2.61. The van der Waals surface area contributed by atoms with Crippen LogP contribution >= 0.6 is 0 Å². The lowest BCUT2D eigenvalue weighted by Gasteiger charge is -2.12. The van der Waals surface area contributed by atoms with Crippen LogP contribution in [0.3, 0.4) is 0 Å². The third-order valence-corrected chi connectivity index (χ3v) is 3.83. The first kappa shape index (κ1) is 18.2. The van der Waals surface area contributed by atoms with E-state index in [2.05, 4.69) is 20.6 Å². The number of nitro groups is 1. The van der Waals surface area contributed by atoms with Crippen molar-refractivity contribution in [1.29, 1.82) is 0 Å². The zero-order valence-corrected chi connectivity index (χ0v) is 14.5. The molecular formula is C18H15F2N5O2. The minimum absolute atomic E-state index is 0.0196. The molecule has 0 spiro atoms. The van der Waals surface area contributed by atoms with Crippen LogP contribution in [0.5, 0.6) is 0 Å². The van der Waals surface area contributed by atoms with Gasteiger partial charge in [-0.15, -0.1) is 0 Å². The molecule has 1 aromatic heterocycles. The predicted octanol–water partition coefficient (Wildman–Crippen LogP) is 4.77. The average molecular weight is 371 g/mol. The largest absolute Gasteiger partial charge is 0.353 e. The van der Waals surface area contributed by atoms with Gasteiger partial charge in [-0.05, 0) is 43.2 Å². The summed E-state index contributed by atoms with van der Waals surface area (Å²) in [6, 6.07) is 8.70. The molecule has 2 aromatic carbocycles. The Morgan fingerprint density at radius 1 is 0.963 bits per heavy atom. The number of aromatic nitrogens is 2. The summed E-state index contributed by atoms with van der Waals surface area (Å²) in [6.45, 7) is 3.75. The highest BCUT2D eigenvalue weighted by Gasteiger charge is 2.24. The van der Waals surface area contributed by atoms with Crippen molar-refractivity contribution in [2.45, 2.75) is 13.8 Å². The molecule has 3 aromatic rings. The van der Waals surface area contributed by atoms with E-state index in [1.807, 2.05) is 32.0 Å². The van der Waals surface area contributed by atoms with Gasteiger partial charge in [0.1, 0.15) is 6.33 Å². The zero-order chi connectivity index (χ0) is 19.6. The summed E-state index contributed by atoms with van der Waals surface area (Å²) < 4.78 is 26.5. The number of rotatable bonds is 5. The summed E-state index contributed by atoms with van der Waals surface area (Å²) in [4.78, 5) is 18.8. The van der Waals surface area contributed by atoms with Crippen molar-refractivity contribution in [2.24, 2.45) is 0 Å². The normalized spacial score (nSPS) is 10.5. The number of benzene rings is 2. The second-order valence-corrected chi connectivity index (χ2v) is 5.87. The summed E-state index contributed by atoms with van der Waals surface area (Å²) in [7, 11) is 0. The van der Waals surface area contributed by atoms with Gasteiger partial charge in [0.2, 0.25) is 11.6 Å². The van der Waals surface area contributed by atoms with E-state index < -0.39 is 22.2 Å². The minimum atomic E-state index is -1.08.